The summed E-state index contributed by atoms with van der Waals surface area (Å²) < 4.78 is 1.55. The largest absolute Gasteiger partial charge is 0.368 e. The number of para-hydroxylation sites is 2. The van der Waals surface area contributed by atoms with Gasteiger partial charge in [-0.1, -0.05) is 41.6 Å². The van der Waals surface area contributed by atoms with Crippen LogP contribution in [0.25, 0.3) is 11.3 Å². The second-order valence-electron chi connectivity index (χ2n) is 7.23. The first-order valence-corrected chi connectivity index (χ1v) is 9.95. The Labute approximate surface area is 175 Å². The van der Waals surface area contributed by atoms with E-state index in [9.17, 15) is 9.59 Å². The minimum absolute atomic E-state index is 0.0225. The fourth-order valence-corrected chi connectivity index (χ4v) is 3.60. The molecule has 0 saturated carbocycles. The van der Waals surface area contributed by atoms with Gasteiger partial charge in [-0.25, -0.2) is 4.68 Å². The first-order valence-electron chi connectivity index (χ1n) is 9.95. The van der Waals surface area contributed by atoms with Crippen molar-refractivity contribution in [2.75, 3.05) is 36.4 Å². The minimum atomic E-state index is -0.153. The van der Waals surface area contributed by atoms with Gasteiger partial charge >= 0.3 is 0 Å². The number of hydrogen-bond acceptors (Lipinski definition) is 5. The highest BCUT2D eigenvalue weighted by Crippen LogP contribution is 2.25. The molecule has 8 heteroatoms. The molecule has 2 aromatic carbocycles. The molecule has 0 unspecified atom stereocenters. The second kappa shape index (κ2) is 8.77. The predicted molar refractivity (Wildman–Crippen MR) is 115 cm³/mol. The molecule has 0 aliphatic carbocycles. The summed E-state index contributed by atoms with van der Waals surface area (Å²) >= 11 is 0. The predicted octanol–water partition coefficient (Wildman–Crippen LogP) is 2.25. The average molecular weight is 404 g/mol. The van der Waals surface area contributed by atoms with Crippen LogP contribution in [0.5, 0.6) is 0 Å². The summed E-state index contributed by atoms with van der Waals surface area (Å²) in [5.74, 6) is -0.131. The molecule has 1 N–H and O–H groups in total. The molecule has 1 aliphatic heterocycles. The van der Waals surface area contributed by atoms with Crippen molar-refractivity contribution in [3.8, 4) is 11.3 Å². The lowest BCUT2D eigenvalue weighted by atomic mass is 10.1. The smallest absolute Gasteiger partial charge is 0.244 e. The molecule has 2 amide bonds. The molecule has 8 nitrogen and oxygen atoms in total. The van der Waals surface area contributed by atoms with Crippen LogP contribution >= 0.6 is 0 Å². The Morgan fingerprint density at radius 2 is 1.67 bits per heavy atom. The third-order valence-corrected chi connectivity index (χ3v) is 5.10. The lowest BCUT2D eigenvalue weighted by Crippen LogP contribution is -2.49. The summed E-state index contributed by atoms with van der Waals surface area (Å²) in [6, 6.07) is 17.6. The topological polar surface area (TPSA) is 83.4 Å². The average Bonchev–Trinajstić information content (AvgIpc) is 3.22. The Kier molecular flexibility index (Phi) is 5.74. The summed E-state index contributed by atoms with van der Waals surface area (Å²) in [7, 11) is 0. The zero-order valence-electron chi connectivity index (χ0n) is 16.9. The molecule has 2 heterocycles. The van der Waals surface area contributed by atoms with E-state index in [1.54, 1.807) is 10.9 Å². The first-order chi connectivity index (χ1) is 14.6. The third kappa shape index (κ3) is 4.48. The van der Waals surface area contributed by atoms with Gasteiger partial charge in [0.15, 0.2) is 0 Å². The number of nitrogens with zero attached hydrogens (tertiary/aromatic N) is 5. The van der Waals surface area contributed by atoms with Gasteiger partial charge in [-0.2, -0.15) is 0 Å². The van der Waals surface area contributed by atoms with Gasteiger partial charge in [0.05, 0.1) is 11.9 Å². The third-order valence-electron chi connectivity index (χ3n) is 5.10. The quantitative estimate of drug-likeness (QED) is 0.705. The van der Waals surface area contributed by atoms with E-state index in [2.05, 4.69) is 32.7 Å². The van der Waals surface area contributed by atoms with E-state index in [-0.39, 0.29) is 18.4 Å². The molecule has 1 aliphatic rings. The van der Waals surface area contributed by atoms with E-state index in [0.29, 0.717) is 24.5 Å². The normalized spacial score (nSPS) is 13.9. The van der Waals surface area contributed by atoms with Crippen LogP contribution in [0.1, 0.15) is 6.92 Å². The van der Waals surface area contributed by atoms with Crippen LogP contribution in [0, 0.1) is 0 Å². The highest BCUT2D eigenvalue weighted by atomic mass is 16.2. The maximum absolute atomic E-state index is 12.7. The Balaban J connectivity index is 1.38. The summed E-state index contributed by atoms with van der Waals surface area (Å²) in [4.78, 5) is 28.3. The van der Waals surface area contributed by atoms with Crippen molar-refractivity contribution in [3.63, 3.8) is 0 Å². The first kappa shape index (κ1) is 19.6. The Morgan fingerprint density at radius 3 is 2.40 bits per heavy atom. The Morgan fingerprint density at radius 1 is 0.967 bits per heavy atom. The van der Waals surface area contributed by atoms with Gasteiger partial charge in [0.25, 0.3) is 0 Å². The lowest BCUT2D eigenvalue weighted by molar-refractivity contribution is -0.132. The molecule has 1 fully saturated rings. The van der Waals surface area contributed by atoms with Crippen molar-refractivity contribution in [3.05, 3.63) is 60.8 Å². The minimum Gasteiger partial charge on any atom is -0.368 e. The summed E-state index contributed by atoms with van der Waals surface area (Å²) in [6.07, 6.45) is 1.73. The lowest BCUT2D eigenvalue weighted by Gasteiger charge is -2.36. The Hall–Kier alpha value is -3.68. The SMILES string of the molecule is CC(=O)Nc1ccccc1-c1cn(CC(=O)N2CCN(c3ccccc3)CC2)nn1. The molecule has 0 atom stereocenters. The van der Waals surface area contributed by atoms with E-state index in [4.69, 9.17) is 0 Å². The molecule has 3 aromatic rings. The second-order valence-corrected chi connectivity index (χ2v) is 7.23. The number of benzene rings is 2. The van der Waals surface area contributed by atoms with Gasteiger partial charge in [-0.05, 0) is 18.2 Å². The van der Waals surface area contributed by atoms with Crippen molar-refractivity contribution in [1.82, 2.24) is 19.9 Å². The molecule has 0 bridgehead atoms. The number of amides is 2. The number of piperazine rings is 1. The van der Waals surface area contributed by atoms with Crippen LogP contribution in [0.2, 0.25) is 0 Å². The van der Waals surface area contributed by atoms with Crippen LogP contribution in [0.3, 0.4) is 0 Å². The van der Waals surface area contributed by atoms with Crippen LogP contribution in [-0.2, 0) is 16.1 Å². The van der Waals surface area contributed by atoms with Crippen LogP contribution in [0.4, 0.5) is 11.4 Å². The standard InChI is InChI=1S/C22H24N6O2/c1-17(29)23-20-10-6-5-9-19(20)21-15-28(25-24-21)16-22(30)27-13-11-26(12-14-27)18-7-3-2-4-8-18/h2-10,15H,11-14,16H2,1H3,(H,23,29). The van der Waals surface area contributed by atoms with E-state index in [1.807, 2.05) is 47.4 Å². The van der Waals surface area contributed by atoms with E-state index in [0.717, 1.165) is 18.7 Å². The molecular weight excluding hydrogens is 380 g/mol. The van der Waals surface area contributed by atoms with Crippen LogP contribution in [-0.4, -0.2) is 57.9 Å². The molecule has 154 valence electrons. The van der Waals surface area contributed by atoms with E-state index >= 15 is 0 Å². The molecule has 1 saturated heterocycles. The molecule has 0 spiro atoms. The number of nitrogens with one attached hydrogen (secondary N) is 1. The van der Waals surface area contributed by atoms with Crippen molar-refractivity contribution < 1.29 is 9.59 Å². The van der Waals surface area contributed by atoms with E-state index < -0.39 is 0 Å². The maximum atomic E-state index is 12.7. The van der Waals surface area contributed by atoms with Gasteiger partial charge in [0, 0.05) is 44.4 Å². The Bertz CT molecular complexity index is 1020. The van der Waals surface area contributed by atoms with Crippen molar-refractivity contribution in [2.24, 2.45) is 0 Å². The summed E-state index contributed by atoms with van der Waals surface area (Å²) in [5, 5.41) is 11.1. The van der Waals surface area contributed by atoms with E-state index in [1.165, 1.54) is 12.6 Å². The van der Waals surface area contributed by atoms with Crippen molar-refractivity contribution in [1.29, 1.82) is 0 Å². The monoisotopic (exact) mass is 404 g/mol. The van der Waals surface area contributed by atoms with Gasteiger partial charge in [0.1, 0.15) is 12.2 Å². The van der Waals surface area contributed by atoms with Gasteiger partial charge < -0.3 is 15.1 Å². The fourth-order valence-electron chi connectivity index (χ4n) is 3.60. The number of carbonyl (C=O) groups excluding carboxylic acids is 2. The highest BCUT2D eigenvalue weighted by molar-refractivity contribution is 5.93. The fraction of sp³-hybridized carbons (Fsp3) is 0.273. The van der Waals surface area contributed by atoms with Crippen LogP contribution < -0.4 is 10.2 Å². The summed E-state index contributed by atoms with van der Waals surface area (Å²) in [6.45, 7) is 4.58. The maximum Gasteiger partial charge on any atom is 0.244 e. The molecule has 1 aromatic heterocycles. The zero-order valence-corrected chi connectivity index (χ0v) is 16.9. The highest BCUT2D eigenvalue weighted by Gasteiger charge is 2.22. The number of rotatable bonds is 5. The summed E-state index contributed by atoms with van der Waals surface area (Å²) in [5.41, 5.74) is 3.23. The van der Waals surface area contributed by atoms with Crippen LogP contribution in [0.15, 0.2) is 60.8 Å². The van der Waals surface area contributed by atoms with Crippen molar-refractivity contribution >= 4 is 23.2 Å². The number of aromatic nitrogens is 3. The number of hydrogen-bond donors (Lipinski definition) is 1. The molecule has 4 rings (SSSR count). The number of anilines is 2. The number of carbonyl (C=O) groups is 2. The molecule has 30 heavy (non-hydrogen) atoms. The zero-order chi connectivity index (χ0) is 20.9. The van der Waals surface area contributed by atoms with Gasteiger partial charge in [-0.15, -0.1) is 5.10 Å². The van der Waals surface area contributed by atoms with Gasteiger partial charge in [0.2, 0.25) is 11.8 Å². The molecule has 0 radical (unpaired) electrons. The van der Waals surface area contributed by atoms with Crippen molar-refractivity contribution in [2.45, 2.75) is 13.5 Å². The van der Waals surface area contributed by atoms with Gasteiger partial charge in [-0.3, -0.25) is 9.59 Å². The molecular formula is C22H24N6O2.